The average Bonchev–Trinajstić information content (AvgIpc) is 3.30. The Kier molecular flexibility index (Phi) is 3.99. The summed E-state index contributed by atoms with van der Waals surface area (Å²) in [7, 11) is 1.86. The smallest absolute Gasteiger partial charge is 0.307 e. The predicted molar refractivity (Wildman–Crippen MR) is 99.1 cm³/mol. The van der Waals surface area contributed by atoms with Gasteiger partial charge in [-0.1, -0.05) is 48.5 Å². The SMILES string of the molecule is Cn1c(C(=O)NCC2C(C(=O)O)C2c2ccccc2)cc2ccccc21. The number of carbonyl (C=O) groups is 2. The molecule has 1 amide bonds. The highest BCUT2D eigenvalue weighted by molar-refractivity contribution is 5.98. The highest BCUT2D eigenvalue weighted by Gasteiger charge is 2.55. The second kappa shape index (κ2) is 6.33. The number of aromatic nitrogens is 1. The molecule has 4 rings (SSSR count). The van der Waals surface area contributed by atoms with Gasteiger partial charge < -0.3 is 15.0 Å². The van der Waals surface area contributed by atoms with Crippen LogP contribution in [0, 0.1) is 11.8 Å². The van der Waals surface area contributed by atoms with Crippen molar-refractivity contribution in [1.82, 2.24) is 9.88 Å². The molecule has 3 atom stereocenters. The van der Waals surface area contributed by atoms with Crippen molar-refractivity contribution < 1.29 is 14.7 Å². The molecule has 0 bridgehead atoms. The lowest BCUT2D eigenvalue weighted by Crippen LogP contribution is -2.28. The van der Waals surface area contributed by atoms with E-state index >= 15 is 0 Å². The minimum absolute atomic E-state index is 0.0403. The van der Waals surface area contributed by atoms with Gasteiger partial charge in [0.15, 0.2) is 0 Å². The highest BCUT2D eigenvalue weighted by atomic mass is 16.4. The lowest BCUT2D eigenvalue weighted by Gasteiger charge is -2.06. The molecule has 0 spiro atoms. The zero-order valence-corrected chi connectivity index (χ0v) is 14.4. The number of carboxylic acids is 1. The number of fused-ring (bicyclic) bond motifs is 1. The largest absolute Gasteiger partial charge is 0.481 e. The highest BCUT2D eigenvalue weighted by Crippen LogP contribution is 2.53. The molecule has 1 fully saturated rings. The number of rotatable bonds is 5. The first-order chi connectivity index (χ1) is 12.6. The number of amides is 1. The van der Waals surface area contributed by atoms with Crippen molar-refractivity contribution in [3.8, 4) is 0 Å². The van der Waals surface area contributed by atoms with Gasteiger partial charge in [-0.05, 0) is 23.6 Å². The molecule has 2 aromatic carbocycles. The molecule has 1 aliphatic carbocycles. The van der Waals surface area contributed by atoms with E-state index in [0.29, 0.717) is 12.2 Å². The third kappa shape index (κ3) is 2.75. The maximum absolute atomic E-state index is 12.6. The van der Waals surface area contributed by atoms with Crippen LogP contribution >= 0.6 is 0 Å². The van der Waals surface area contributed by atoms with E-state index in [1.165, 1.54) is 0 Å². The summed E-state index contributed by atoms with van der Waals surface area (Å²) in [6.45, 7) is 0.358. The van der Waals surface area contributed by atoms with Gasteiger partial charge in [0.05, 0.1) is 5.92 Å². The Bertz CT molecular complexity index is 977. The number of aryl methyl sites for hydroxylation is 1. The number of nitrogens with one attached hydrogen (secondary N) is 1. The zero-order chi connectivity index (χ0) is 18.3. The van der Waals surface area contributed by atoms with Gasteiger partial charge in [0.2, 0.25) is 0 Å². The van der Waals surface area contributed by atoms with Crippen LogP contribution in [0.1, 0.15) is 22.0 Å². The number of nitrogens with zero attached hydrogens (tertiary/aromatic N) is 1. The molecule has 3 aromatic rings. The average molecular weight is 348 g/mol. The van der Waals surface area contributed by atoms with Crippen LogP contribution in [-0.4, -0.2) is 28.1 Å². The first-order valence-electron chi connectivity index (χ1n) is 8.68. The van der Waals surface area contributed by atoms with E-state index in [0.717, 1.165) is 16.5 Å². The first-order valence-corrected chi connectivity index (χ1v) is 8.68. The third-order valence-electron chi connectivity index (χ3n) is 5.32. The van der Waals surface area contributed by atoms with E-state index in [1.807, 2.05) is 72.3 Å². The molecule has 1 heterocycles. The lowest BCUT2D eigenvalue weighted by molar-refractivity contribution is -0.139. The van der Waals surface area contributed by atoms with Gasteiger partial charge in [-0.25, -0.2) is 0 Å². The van der Waals surface area contributed by atoms with Gasteiger partial charge in [-0.2, -0.15) is 0 Å². The van der Waals surface area contributed by atoms with Gasteiger partial charge in [0, 0.05) is 30.4 Å². The summed E-state index contributed by atoms with van der Waals surface area (Å²) < 4.78 is 1.86. The number of carbonyl (C=O) groups excluding carboxylic acids is 1. The van der Waals surface area contributed by atoms with Crippen LogP contribution in [0.5, 0.6) is 0 Å². The van der Waals surface area contributed by atoms with Crippen LogP contribution in [0.15, 0.2) is 60.7 Å². The van der Waals surface area contributed by atoms with Crippen LogP contribution in [-0.2, 0) is 11.8 Å². The predicted octanol–water partition coefficient (Wildman–Crippen LogP) is 3.02. The van der Waals surface area contributed by atoms with Crippen molar-refractivity contribution in [3.05, 3.63) is 71.9 Å². The molecule has 0 aliphatic heterocycles. The zero-order valence-electron chi connectivity index (χ0n) is 14.4. The minimum Gasteiger partial charge on any atom is -0.481 e. The van der Waals surface area contributed by atoms with Crippen LogP contribution in [0.25, 0.3) is 10.9 Å². The molecule has 26 heavy (non-hydrogen) atoms. The topological polar surface area (TPSA) is 71.3 Å². The number of benzene rings is 2. The van der Waals surface area contributed by atoms with Crippen molar-refractivity contribution >= 4 is 22.8 Å². The van der Waals surface area contributed by atoms with Crippen molar-refractivity contribution in [3.63, 3.8) is 0 Å². The number of para-hydroxylation sites is 1. The van der Waals surface area contributed by atoms with Gasteiger partial charge in [-0.3, -0.25) is 9.59 Å². The Morgan fingerprint density at radius 2 is 1.77 bits per heavy atom. The number of carboxylic acid groups (broad SMARTS) is 1. The fourth-order valence-electron chi connectivity index (χ4n) is 3.90. The van der Waals surface area contributed by atoms with Crippen LogP contribution in [0.3, 0.4) is 0 Å². The number of aliphatic carboxylic acids is 1. The summed E-state index contributed by atoms with van der Waals surface area (Å²) in [6.07, 6.45) is 0. The van der Waals surface area contributed by atoms with Crippen LogP contribution in [0.4, 0.5) is 0 Å². The molecular formula is C21H20N2O3. The second-order valence-electron chi connectivity index (χ2n) is 6.82. The van der Waals surface area contributed by atoms with Crippen molar-refractivity contribution in [2.45, 2.75) is 5.92 Å². The van der Waals surface area contributed by atoms with E-state index in [2.05, 4.69) is 5.32 Å². The van der Waals surface area contributed by atoms with E-state index in [-0.39, 0.29) is 17.7 Å². The van der Waals surface area contributed by atoms with E-state index < -0.39 is 11.9 Å². The Morgan fingerprint density at radius 3 is 2.46 bits per heavy atom. The molecule has 0 radical (unpaired) electrons. The summed E-state index contributed by atoms with van der Waals surface area (Å²) in [5.74, 6) is -1.53. The van der Waals surface area contributed by atoms with Crippen molar-refractivity contribution in [2.75, 3.05) is 6.54 Å². The van der Waals surface area contributed by atoms with Crippen molar-refractivity contribution in [2.24, 2.45) is 18.9 Å². The fourth-order valence-corrected chi connectivity index (χ4v) is 3.90. The van der Waals surface area contributed by atoms with Gasteiger partial charge in [0.1, 0.15) is 5.69 Å². The maximum atomic E-state index is 12.6. The summed E-state index contributed by atoms with van der Waals surface area (Å²) in [4.78, 5) is 24.1. The van der Waals surface area contributed by atoms with E-state index in [1.54, 1.807) is 0 Å². The molecule has 132 valence electrons. The fraction of sp³-hybridized carbons (Fsp3) is 0.238. The molecule has 0 saturated heterocycles. The standard InChI is InChI=1S/C21H20N2O3/c1-23-16-10-6-5-9-14(16)11-17(23)20(24)22-12-15-18(19(15)21(25)26)13-7-3-2-4-8-13/h2-11,15,18-19H,12H2,1H3,(H,22,24)(H,25,26). The molecule has 5 heteroatoms. The van der Waals surface area contributed by atoms with Crippen molar-refractivity contribution in [1.29, 1.82) is 0 Å². The van der Waals surface area contributed by atoms with Gasteiger partial charge >= 0.3 is 5.97 Å². The molecule has 1 aromatic heterocycles. The molecular weight excluding hydrogens is 328 g/mol. The quantitative estimate of drug-likeness (QED) is 0.744. The molecule has 3 unspecified atom stereocenters. The first kappa shape index (κ1) is 16.4. The summed E-state index contributed by atoms with van der Waals surface area (Å²) >= 11 is 0. The molecule has 2 N–H and O–H groups in total. The lowest BCUT2D eigenvalue weighted by atomic mass is 10.1. The Morgan fingerprint density at radius 1 is 1.08 bits per heavy atom. The van der Waals surface area contributed by atoms with Crippen LogP contribution in [0.2, 0.25) is 0 Å². The molecule has 1 saturated carbocycles. The normalized spacial score (nSPS) is 21.5. The van der Waals surface area contributed by atoms with E-state index in [4.69, 9.17) is 0 Å². The summed E-state index contributed by atoms with van der Waals surface area (Å²) in [5, 5.41) is 13.4. The van der Waals surface area contributed by atoms with E-state index in [9.17, 15) is 14.7 Å². The minimum atomic E-state index is -0.803. The Labute approximate surface area is 151 Å². The summed E-state index contributed by atoms with van der Waals surface area (Å²) in [5.41, 5.74) is 2.59. The second-order valence-corrected chi connectivity index (χ2v) is 6.82. The summed E-state index contributed by atoms with van der Waals surface area (Å²) in [6, 6.07) is 19.3. The Hall–Kier alpha value is -3.08. The monoisotopic (exact) mass is 348 g/mol. The molecule has 1 aliphatic rings. The van der Waals surface area contributed by atoms with Crippen LogP contribution < -0.4 is 5.32 Å². The van der Waals surface area contributed by atoms with Gasteiger partial charge in [-0.15, -0.1) is 0 Å². The third-order valence-corrected chi connectivity index (χ3v) is 5.32. The number of hydrogen-bond acceptors (Lipinski definition) is 2. The maximum Gasteiger partial charge on any atom is 0.307 e. The molecule has 5 nitrogen and oxygen atoms in total. The number of hydrogen-bond donors (Lipinski definition) is 2. The Balaban J connectivity index is 1.48. The van der Waals surface area contributed by atoms with Gasteiger partial charge in [0.25, 0.3) is 5.91 Å².